The Morgan fingerprint density at radius 2 is 1.97 bits per heavy atom. The number of aliphatic hydroxyl groups excluding tert-OH is 1. The molecule has 6 nitrogen and oxygen atoms in total. The van der Waals surface area contributed by atoms with Crippen LogP contribution in [0.1, 0.15) is 52.6 Å². The summed E-state index contributed by atoms with van der Waals surface area (Å²) in [6.07, 6.45) is 2.11. The number of anilines is 1. The van der Waals surface area contributed by atoms with Gasteiger partial charge in [-0.15, -0.1) is 0 Å². The summed E-state index contributed by atoms with van der Waals surface area (Å²) in [6.45, 7) is 10.1. The Kier molecular flexibility index (Phi) is 5.41. The van der Waals surface area contributed by atoms with Crippen molar-refractivity contribution in [2.75, 3.05) is 24.5 Å². The van der Waals surface area contributed by atoms with E-state index in [9.17, 15) is 9.90 Å². The molecule has 1 aromatic carbocycles. The molecule has 0 saturated carbocycles. The second kappa shape index (κ2) is 8.24. The normalized spacial score (nSPS) is 18.8. The average molecular weight is 433 g/mol. The molecule has 1 atom stereocenters. The number of aliphatic hydroxyl groups is 1. The maximum absolute atomic E-state index is 13.4. The van der Waals surface area contributed by atoms with E-state index in [1.165, 1.54) is 22.4 Å². The van der Waals surface area contributed by atoms with E-state index in [2.05, 4.69) is 54.5 Å². The number of nitrogens with zero attached hydrogens (tertiary/aromatic N) is 4. The molecular weight excluding hydrogens is 400 g/mol. The van der Waals surface area contributed by atoms with Gasteiger partial charge < -0.3 is 19.5 Å². The van der Waals surface area contributed by atoms with Crippen LogP contribution in [-0.2, 0) is 19.5 Å². The van der Waals surface area contributed by atoms with Crippen LogP contribution >= 0.6 is 0 Å². The van der Waals surface area contributed by atoms with Gasteiger partial charge >= 0.3 is 0 Å². The standard InChI is InChI=1S/C26H32N4O2/c1-4-30-18(3)17(2)22-14-23(26(32)29-12-7-10-21(31)16-29)27-25(24(22)30)28-13-11-19-8-5-6-9-20(19)15-28/h5-6,8-9,14,21,31H,4,7,10-13,15-16H2,1-3H3. The van der Waals surface area contributed by atoms with Crippen LogP contribution in [0.2, 0.25) is 0 Å². The van der Waals surface area contributed by atoms with Crippen LogP contribution in [0.15, 0.2) is 30.3 Å². The number of hydrogen-bond acceptors (Lipinski definition) is 4. The van der Waals surface area contributed by atoms with E-state index in [-0.39, 0.29) is 5.91 Å². The quantitative estimate of drug-likeness (QED) is 0.683. The molecule has 5 rings (SSSR count). The Labute approximate surface area is 189 Å². The van der Waals surface area contributed by atoms with E-state index in [4.69, 9.17) is 4.98 Å². The lowest BCUT2D eigenvalue weighted by atomic mass is 9.99. The molecule has 2 aliphatic heterocycles. The van der Waals surface area contributed by atoms with Crippen LogP contribution < -0.4 is 4.90 Å². The van der Waals surface area contributed by atoms with Gasteiger partial charge in [0, 0.05) is 43.8 Å². The monoisotopic (exact) mass is 432 g/mol. The minimum Gasteiger partial charge on any atom is -0.391 e. The van der Waals surface area contributed by atoms with Crippen molar-refractivity contribution in [3.63, 3.8) is 0 Å². The first-order valence-electron chi connectivity index (χ1n) is 11.8. The van der Waals surface area contributed by atoms with Gasteiger partial charge in [-0.2, -0.15) is 0 Å². The third-order valence-electron chi connectivity index (χ3n) is 7.25. The summed E-state index contributed by atoms with van der Waals surface area (Å²) in [6, 6.07) is 10.6. The minimum atomic E-state index is -0.445. The Morgan fingerprint density at radius 3 is 2.72 bits per heavy atom. The van der Waals surface area contributed by atoms with E-state index in [1.54, 1.807) is 4.90 Å². The number of rotatable bonds is 3. The fraction of sp³-hybridized carbons (Fsp3) is 0.462. The largest absolute Gasteiger partial charge is 0.391 e. The third kappa shape index (κ3) is 3.47. The summed E-state index contributed by atoms with van der Waals surface area (Å²) < 4.78 is 2.33. The van der Waals surface area contributed by atoms with E-state index >= 15 is 0 Å². The third-order valence-corrected chi connectivity index (χ3v) is 7.25. The van der Waals surface area contributed by atoms with E-state index in [1.807, 2.05) is 6.07 Å². The van der Waals surface area contributed by atoms with Crippen LogP contribution in [0, 0.1) is 13.8 Å². The van der Waals surface area contributed by atoms with Gasteiger partial charge in [0.25, 0.3) is 5.91 Å². The molecule has 2 aromatic heterocycles. The summed E-state index contributed by atoms with van der Waals surface area (Å²) in [7, 11) is 0. The van der Waals surface area contributed by atoms with Gasteiger partial charge in [-0.25, -0.2) is 4.98 Å². The highest BCUT2D eigenvalue weighted by molar-refractivity contribution is 6.01. The topological polar surface area (TPSA) is 61.6 Å². The molecule has 1 amide bonds. The van der Waals surface area contributed by atoms with Crippen LogP contribution in [0.5, 0.6) is 0 Å². The first kappa shape index (κ1) is 21.0. The van der Waals surface area contributed by atoms with Crippen molar-refractivity contribution < 1.29 is 9.90 Å². The number of hydrogen-bond donors (Lipinski definition) is 1. The molecule has 168 valence electrons. The van der Waals surface area contributed by atoms with Crippen molar-refractivity contribution >= 4 is 22.6 Å². The lowest BCUT2D eigenvalue weighted by Gasteiger charge is -2.32. The van der Waals surface area contributed by atoms with Gasteiger partial charge in [0.2, 0.25) is 0 Å². The zero-order valence-electron chi connectivity index (χ0n) is 19.3. The fourth-order valence-corrected chi connectivity index (χ4v) is 5.34. The molecular formula is C26H32N4O2. The van der Waals surface area contributed by atoms with Gasteiger partial charge in [0.05, 0.1) is 11.6 Å². The smallest absolute Gasteiger partial charge is 0.272 e. The van der Waals surface area contributed by atoms with Crippen molar-refractivity contribution in [2.24, 2.45) is 0 Å². The van der Waals surface area contributed by atoms with Gasteiger partial charge in [0.15, 0.2) is 5.82 Å². The molecule has 1 fully saturated rings. The van der Waals surface area contributed by atoms with E-state index in [0.29, 0.717) is 18.8 Å². The highest BCUT2D eigenvalue weighted by atomic mass is 16.3. The van der Waals surface area contributed by atoms with Crippen molar-refractivity contribution in [2.45, 2.75) is 59.2 Å². The molecule has 3 aromatic rings. The second-order valence-corrected chi connectivity index (χ2v) is 9.17. The van der Waals surface area contributed by atoms with E-state index < -0.39 is 6.10 Å². The number of β-amino-alcohol motifs (C(OH)–C–C–N with tert-alkyl or cyclic N) is 1. The Bertz CT molecular complexity index is 1180. The minimum absolute atomic E-state index is 0.0781. The Hall–Kier alpha value is -2.86. The summed E-state index contributed by atoms with van der Waals surface area (Å²) in [4.78, 5) is 22.5. The number of pyridine rings is 1. The van der Waals surface area contributed by atoms with Crippen LogP contribution in [0.4, 0.5) is 5.82 Å². The number of aromatic nitrogens is 2. The van der Waals surface area contributed by atoms with Crippen LogP contribution in [-0.4, -0.2) is 51.2 Å². The molecule has 0 aliphatic carbocycles. The van der Waals surface area contributed by atoms with Crippen molar-refractivity contribution in [1.82, 2.24) is 14.5 Å². The number of amides is 1. The van der Waals surface area contributed by atoms with E-state index in [0.717, 1.165) is 55.6 Å². The number of carbonyl (C=O) groups is 1. The van der Waals surface area contributed by atoms with Crippen molar-refractivity contribution in [1.29, 1.82) is 0 Å². The number of carbonyl (C=O) groups excluding carboxylic acids is 1. The maximum Gasteiger partial charge on any atom is 0.272 e. The van der Waals surface area contributed by atoms with Crippen molar-refractivity contribution in [3.05, 3.63) is 58.4 Å². The molecule has 2 aliphatic rings. The molecule has 0 bridgehead atoms. The number of likely N-dealkylation sites (tertiary alicyclic amines) is 1. The molecule has 0 radical (unpaired) electrons. The lowest BCUT2D eigenvalue weighted by molar-refractivity contribution is 0.0469. The molecule has 1 unspecified atom stereocenters. The number of piperidine rings is 1. The van der Waals surface area contributed by atoms with Gasteiger partial charge in [-0.3, -0.25) is 4.79 Å². The zero-order valence-corrected chi connectivity index (χ0v) is 19.3. The first-order chi connectivity index (χ1) is 15.5. The lowest BCUT2D eigenvalue weighted by Crippen LogP contribution is -2.42. The molecule has 1 N–H and O–H groups in total. The number of benzene rings is 1. The SMILES string of the molecule is CCn1c(C)c(C)c2cc(C(=O)N3CCCC(O)C3)nc(N3CCc4ccccc4C3)c21. The highest BCUT2D eigenvalue weighted by Gasteiger charge is 2.28. The summed E-state index contributed by atoms with van der Waals surface area (Å²) >= 11 is 0. The Balaban J connectivity index is 1.63. The highest BCUT2D eigenvalue weighted by Crippen LogP contribution is 2.35. The fourth-order valence-electron chi connectivity index (χ4n) is 5.34. The predicted octanol–water partition coefficient (Wildman–Crippen LogP) is 3.83. The molecule has 1 saturated heterocycles. The second-order valence-electron chi connectivity index (χ2n) is 9.17. The molecule has 32 heavy (non-hydrogen) atoms. The summed E-state index contributed by atoms with van der Waals surface area (Å²) in [5, 5.41) is 11.2. The van der Waals surface area contributed by atoms with Gasteiger partial charge in [0.1, 0.15) is 5.69 Å². The zero-order chi connectivity index (χ0) is 22.4. The van der Waals surface area contributed by atoms with Gasteiger partial charge in [-0.05, 0) is 62.8 Å². The predicted molar refractivity (Wildman–Crippen MR) is 127 cm³/mol. The first-order valence-corrected chi connectivity index (χ1v) is 11.8. The van der Waals surface area contributed by atoms with Crippen molar-refractivity contribution in [3.8, 4) is 0 Å². The average Bonchev–Trinajstić information content (AvgIpc) is 3.07. The van der Waals surface area contributed by atoms with Gasteiger partial charge in [-0.1, -0.05) is 24.3 Å². The van der Waals surface area contributed by atoms with Crippen LogP contribution in [0.25, 0.3) is 10.9 Å². The molecule has 4 heterocycles. The van der Waals surface area contributed by atoms with Crippen LogP contribution in [0.3, 0.4) is 0 Å². The maximum atomic E-state index is 13.4. The summed E-state index contributed by atoms with van der Waals surface area (Å²) in [5.74, 6) is 0.821. The number of fused-ring (bicyclic) bond motifs is 2. The Morgan fingerprint density at radius 1 is 1.19 bits per heavy atom. The number of aryl methyl sites for hydroxylation is 2. The molecule has 6 heteroatoms. The summed E-state index contributed by atoms with van der Waals surface area (Å²) in [5.41, 5.74) is 6.76. The molecule has 0 spiro atoms.